The number of carbonyl (C=O) groups excluding carboxylic acids is 1. The Morgan fingerprint density at radius 1 is 0.918 bits per heavy atom. The monoisotopic (exact) mass is 673 g/mol. The quantitative estimate of drug-likeness (QED) is 0.149. The van der Waals surface area contributed by atoms with Crippen LogP contribution in [0.3, 0.4) is 0 Å². The number of benzene rings is 3. The molecule has 3 aromatic carbocycles. The average molecular weight is 674 g/mol. The summed E-state index contributed by atoms with van der Waals surface area (Å²) in [6.45, 7) is 7.15. The van der Waals surface area contributed by atoms with Crippen molar-refractivity contribution in [1.82, 2.24) is 30.4 Å². The molecule has 3 saturated heterocycles. The van der Waals surface area contributed by atoms with Crippen molar-refractivity contribution in [2.45, 2.75) is 50.0 Å². The molecule has 4 aliphatic heterocycles. The number of thiocarbonyl (C=S) groups is 1. The van der Waals surface area contributed by atoms with Crippen LogP contribution in [0.5, 0.6) is 11.5 Å². The van der Waals surface area contributed by atoms with Crippen LogP contribution < -0.4 is 15.4 Å². The molecule has 2 unspecified atom stereocenters. The fourth-order valence-electron chi connectivity index (χ4n) is 8.51. The molecule has 1 aromatic heterocycles. The van der Waals surface area contributed by atoms with Gasteiger partial charge in [-0.1, -0.05) is 80.2 Å². The highest BCUT2D eigenvalue weighted by atomic mass is 32.1. The predicted octanol–water partition coefficient (Wildman–Crippen LogP) is 6.49. The van der Waals surface area contributed by atoms with E-state index in [0.717, 1.165) is 79.0 Å². The fourth-order valence-corrected chi connectivity index (χ4v) is 8.97. The van der Waals surface area contributed by atoms with Gasteiger partial charge in [0, 0.05) is 56.1 Å². The summed E-state index contributed by atoms with van der Waals surface area (Å²) in [6, 6.07) is 24.3. The second kappa shape index (κ2) is 13.2. The molecule has 4 aromatic rings. The van der Waals surface area contributed by atoms with Crippen molar-refractivity contribution in [3.05, 3.63) is 96.2 Å². The number of ether oxygens (including phenoxy) is 1. The Bertz CT molecular complexity index is 1920. The van der Waals surface area contributed by atoms with Gasteiger partial charge in [0.25, 0.3) is 5.91 Å². The van der Waals surface area contributed by atoms with Crippen LogP contribution in [0.25, 0.3) is 10.9 Å². The Morgan fingerprint density at radius 2 is 1.69 bits per heavy atom. The van der Waals surface area contributed by atoms with Gasteiger partial charge in [-0.2, -0.15) is 10.2 Å². The summed E-state index contributed by atoms with van der Waals surface area (Å²) in [7, 11) is 0. The molecular weight excluding hydrogens is 631 g/mol. The largest absolute Gasteiger partial charge is 0.453 e. The summed E-state index contributed by atoms with van der Waals surface area (Å²) in [5.41, 5.74) is 1.74. The molecular formula is C39H43N7O2S. The van der Waals surface area contributed by atoms with Gasteiger partial charge in [-0.05, 0) is 61.6 Å². The van der Waals surface area contributed by atoms with E-state index in [9.17, 15) is 0 Å². The van der Waals surface area contributed by atoms with E-state index in [-0.39, 0.29) is 5.91 Å². The molecule has 0 radical (unpaired) electrons. The van der Waals surface area contributed by atoms with Crippen LogP contribution in [0.15, 0.2) is 84.9 Å². The van der Waals surface area contributed by atoms with Crippen molar-refractivity contribution in [3.8, 4) is 11.5 Å². The molecule has 8 rings (SSSR count). The molecule has 0 spiro atoms. The van der Waals surface area contributed by atoms with E-state index in [1.165, 1.54) is 6.42 Å². The number of rotatable bonds is 7. The highest BCUT2D eigenvalue weighted by Gasteiger charge is 2.68. The van der Waals surface area contributed by atoms with Crippen LogP contribution in [0.1, 0.15) is 50.3 Å². The van der Waals surface area contributed by atoms with Crippen molar-refractivity contribution >= 4 is 45.3 Å². The first-order valence-corrected chi connectivity index (χ1v) is 18.1. The van der Waals surface area contributed by atoms with E-state index in [4.69, 9.17) is 27.2 Å². The number of hydrogen-bond donors (Lipinski definition) is 2. The molecule has 4 aliphatic rings. The minimum atomic E-state index is -1.31. The zero-order valence-corrected chi connectivity index (χ0v) is 28.8. The number of carbonyl (C=O) groups is 1. The maximum atomic E-state index is 16.1. The summed E-state index contributed by atoms with van der Waals surface area (Å²) in [5.74, 6) is 1.48. The summed E-state index contributed by atoms with van der Waals surface area (Å²) in [6.07, 6.45) is 8.92. The summed E-state index contributed by atoms with van der Waals surface area (Å²) in [5, 5.41) is 22.4. The van der Waals surface area contributed by atoms with Crippen molar-refractivity contribution in [2.24, 2.45) is 0 Å². The zero-order chi connectivity index (χ0) is 33.4. The van der Waals surface area contributed by atoms with Crippen LogP contribution in [-0.2, 0) is 15.7 Å². The van der Waals surface area contributed by atoms with Gasteiger partial charge >= 0.3 is 0 Å². The lowest BCUT2D eigenvalue weighted by atomic mass is 9.56. The fraction of sp³-hybridized carbons (Fsp3) is 0.385. The highest BCUT2D eigenvalue weighted by Crippen LogP contribution is 2.58. The van der Waals surface area contributed by atoms with Crippen LogP contribution in [0, 0.1) is 0 Å². The van der Waals surface area contributed by atoms with Gasteiger partial charge in [0.05, 0.1) is 28.0 Å². The second-order valence-electron chi connectivity index (χ2n) is 13.4. The van der Waals surface area contributed by atoms with Gasteiger partial charge in [-0.3, -0.25) is 14.7 Å². The Morgan fingerprint density at radius 3 is 2.53 bits per heavy atom. The third kappa shape index (κ3) is 5.15. The van der Waals surface area contributed by atoms with Gasteiger partial charge < -0.3 is 15.4 Å². The molecule has 2 N–H and O–H groups in total. The number of anilines is 2. The molecule has 49 heavy (non-hydrogen) atoms. The van der Waals surface area contributed by atoms with Gasteiger partial charge in [0.15, 0.2) is 17.0 Å². The molecule has 0 saturated carbocycles. The van der Waals surface area contributed by atoms with Gasteiger partial charge in [0.1, 0.15) is 0 Å². The number of allylic oxidation sites excluding steroid dienone is 2. The number of fused-ring (bicyclic) bond motifs is 3. The minimum Gasteiger partial charge on any atom is -0.453 e. The number of hydrazine groups is 1. The Balaban J connectivity index is 1.45. The SMILES string of the molecule is CCC=CC(=S)C1(c2cccc3c2Nc2ccccc2O3)CCN(N2CCCCC2)C(=O)C1(c1cc2ccccc2nn1)N1CCNCC1. The first-order chi connectivity index (χ1) is 24.1. The lowest BCUT2D eigenvalue weighted by Gasteiger charge is -2.61. The van der Waals surface area contributed by atoms with E-state index >= 15 is 4.79 Å². The van der Waals surface area contributed by atoms with Crippen molar-refractivity contribution in [3.63, 3.8) is 0 Å². The van der Waals surface area contributed by atoms with E-state index in [1.807, 2.05) is 59.6 Å². The Hall–Kier alpha value is -4.22. The summed E-state index contributed by atoms with van der Waals surface area (Å²) >= 11 is 6.65. The minimum absolute atomic E-state index is 0.00844. The van der Waals surface area contributed by atoms with Gasteiger partial charge in [-0.15, -0.1) is 0 Å². The smallest absolute Gasteiger partial charge is 0.265 e. The van der Waals surface area contributed by atoms with Crippen molar-refractivity contribution < 1.29 is 9.53 Å². The van der Waals surface area contributed by atoms with E-state index in [0.29, 0.717) is 42.4 Å². The van der Waals surface area contributed by atoms with Crippen LogP contribution >= 0.6 is 12.2 Å². The highest BCUT2D eigenvalue weighted by molar-refractivity contribution is 7.81. The molecule has 5 heterocycles. The number of nitrogens with one attached hydrogen (secondary N) is 2. The number of piperidine rings is 2. The summed E-state index contributed by atoms with van der Waals surface area (Å²) < 4.78 is 6.56. The van der Waals surface area contributed by atoms with Crippen LogP contribution in [0.2, 0.25) is 0 Å². The van der Waals surface area contributed by atoms with E-state index < -0.39 is 11.0 Å². The van der Waals surface area contributed by atoms with Crippen LogP contribution in [0.4, 0.5) is 11.4 Å². The Kier molecular flexibility index (Phi) is 8.65. The van der Waals surface area contributed by atoms with Gasteiger partial charge in [-0.25, -0.2) is 5.01 Å². The normalized spacial score (nSPS) is 24.7. The average Bonchev–Trinajstić information content (AvgIpc) is 3.16. The van der Waals surface area contributed by atoms with Crippen LogP contribution in [-0.4, -0.2) is 81.7 Å². The van der Waals surface area contributed by atoms with E-state index in [1.54, 1.807) is 0 Å². The third-order valence-electron chi connectivity index (χ3n) is 10.8. The number of amides is 1. The number of nitrogens with zero attached hydrogens (tertiary/aromatic N) is 5. The topological polar surface area (TPSA) is 85.9 Å². The molecule has 9 nitrogen and oxygen atoms in total. The van der Waals surface area contributed by atoms with Crippen molar-refractivity contribution in [2.75, 3.05) is 51.1 Å². The van der Waals surface area contributed by atoms with Gasteiger partial charge in [0.2, 0.25) is 0 Å². The lowest BCUT2D eigenvalue weighted by molar-refractivity contribution is -0.181. The number of piperazine rings is 1. The molecule has 3 fully saturated rings. The Labute approximate surface area is 293 Å². The molecule has 252 valence electrons. The summed E-state index contributed by atoms with van der Waals surface area (Å²) in [4.78, 5) is 19.2. The van der Waals surface area contributed by atoms with Crippen molar-refractivity contribution in [1.29, 1.82) is 0 Å². The molecule has 2 atom stereocenters. The number of para-hydroxylation sites is 3. The van der Waals surface area contributed by atoms with E-state index in [2.05, 4.69) is 57.8 Å². The number of hydrogen-bond acceptors (Lipinski definition) is 9. The third-order valence-corrected chi connectivity index (χ3v) is 11.3. The molecule has 0 aliphatic carbocycles. The first-order valence-electron chi connectivity index (χ1n) is 17.7. The first kappa shape index (κ1) is 32.0. The second-order valence-corrected chi connectivity index (χ2v) is 13.9. The predicted molar refractivity (Wildman–Crippen MR) is 197 cm³/mol. The standard InChI is InChI=1S/C39H43N7O2S/c1-2-3-18-35(49)38(29-13-11-17-33-36(29)41-31-15-7-8-16-32(31)48-33)19-24-46(45-22-9-4-10-23-45)37(47)39(38,44-25-20-40-21-26-44)34-27-28-12-5-6-14-30(28)42-43-34/h3,5-8,11-18,27,40-41H,2,4,9-10,19-26H2,1H3. The molecule has 10 heteroatoms. The molecule has 1 amide bonds. The maximum absolute atomic E-state index is 16.1. The lowest BCUT2D eigenvalue weighted by Crippen LogP contribution is -2.76. The molecule has 0 bridgehead atoms. The zero-order valence-electron chi connectivity index (χ0n) is 28.0. The maximum Gasteiger partial charge on any atom is 0.265 e. The number of aromatic nitrogens is 2.